The normalized spacial score (nSPS) is 12.4. The molecule has 0 aliphatic carbocycles. The molecule has 0 spiro atoms. The minimum absolute atomic E-state index is 0.165. The summed E-state index contributed by atoms with van der Waals surface area (Å²) < 4.78 is 5.20. The molecule has 1 aromatic heterocycles. The van der Waals surface area contributed by atoms with Crippen molar-refractivity contribution in [2.24, 2.45) is 5.92 Å². The Morgan fingerprint density at radius 2 is 1.60 bits per heavy atom. The number of carboxylic acids is 1. The highest BCUT2D eigenvalue weighted by Gasteiger charge is 2.28. The number of aromatic nitrogens is 1. The third-order valence-electron chi connectivity index (χ3n) is 7.46. The fourth-order valence-electron chi connectivity index (χ4n) is 5.08. The Morgan fingerprint density at radius 1 is 0.860 bits per heavy atom. The summed E-state index contributed by atoms with van der Waals surface area (Å²) in [6, 6.07) is 24.1. The quantitative estimate of drug-likeness (QED) is 0.0977. The number of nitrogens with one attached hydrogen (secondary N) is 3. The number of hydroxylamine groups is 1. The minimum Gasteiger partial charge on any atom is -0.497 e. The molecule has 43 heavy (non-hydrogen) atoms. The second-order valence-electron chi connectivity index (χ2n) is 10.6. The van der Waals surface area contributed by atoms with Crippen molar-refractivity contribution in [3.8, 4) is 5.75 Å². The molecular formula is C34H39N3O6. The highest BCUT2D eigenvalue weighted by Crippen LogP contribution is 2.21. The van der Waals surface area contributed by atoms with Gasteiger partial charge in [-0.25, -0.2) is 5.48 Å². The van der Waals surface area contributed by atoms with Gasteiger partial charge in [0, 0.05) is 29.4 Å². The lowest BCUT2D eigenvalue weighted by Gasteiger charge is -2.22. The zero-order valence-electron chi connectivity index (χ0n) is 24.4. The largest absolute Gasteiger partial charge is 0.497 e. The maximum Gasteiger partial charge on any atom is 0.304 e. The van der Waals surface area contributed by atoms with Gasteiger partial charge >= 0.3 is 5.97 Å². The number of fused-ring (bicyclic) bond motifs is 1. The standard InChI is InChI=1S/C34H39N3O6/c1-42-28-18-16-24(17-19-28)10-4-3-7-13-26(21-32(38)39)33(40)36-31(20-27-22-35-30-15-9-8-14-29(27)30)34(41)37-43-23-25-11-5-2-6-12-25/h2,5-6,8-9,11-12,14-19,22,26,31,35H,3-4,7,10,13,20-21,23H2,1H3,(H,36,40)(H,37,41)(H,38,39)/t26-,31+/m1/s1. The van der Waals surface area contributed by atoms with Crippen LogP contribution in [0.3, 0.4) is 0 Å². The number of carbonyl (C=O) groups excluding carboxylic acids is 2. The summed E-state index contributed by atoms with van der Waals surface area (Å²) in [6.45, 7) is 0.165. The SMILES string of the molecule is COc1ccc(CCCCC[C@H](CC(=O)O)C(=O)N[C@@H](Cc2c[nH]c3ccccc23)C(=O)NOCc2ccccc2)cc1. The van der Waals surface area contributed by atoms with Gasteiger partial charge < -0.3 is 20.1 Å². The number of H-pyrrole nitrogens is 1. The molecule has 4 N–H and O–H groups in total. The summed E-state index contributed by atoms with van der Waals surface area (Å²) in [4.78, 5) is 47.0. The van der Waals surface area contributed by atoms with Crippen molar-refractivity contribution < 1.29 is 29.1 Å². The number of aromatic amines is 1. The first-order chi connectivity index (χ1) is 20.9. The molecule has 4 rings (SSSR count). The molecule has 9 heteroatoms. The van der Waals surface area contributed by atoms with E-state index in [1.165, 1.54) is 5.56 Å². The van der Waals surface area contributed by atoms with Crippen LogP contribution < -0.4 is 15.5 Å². The van der Waals surface area contributed by atoms with E-state index in [-0.39, 0.29) is 19.4 Å². The Bertz CT molecular complexity index is 1470. The Morgan fingerprint density at radius 3 is 2.35 bits per heavy atom. The Hall–Kier alpha value is -4.63. The van der Waals surface area contributed by atoms with Crippen molar-refractivity contribution in [1.82, 2.24) is 15.8 Å². The second-order valence-corrected chi connectivity index (χ2v) is 10.6. The molecule has 226 valence electrons. The third kappa shape index (κ3) is 9.72. The first-order valence-corrected chi connectivity index (χ1v) is 14.6. The summed E-state index contributed by atoms with van der Waals surface area (Å²) in [5.41, 5.74) is 6.32. The predicted molar refractivity (Wildman–Crippen MR) is 164 cm³/mol. The summed E-state index contributed by atoms with van der Waals surface area (Å²) >= 11 is 0. The Balaban J connectivity index is 1.37. The number of amides is 2. The van der Waals surface area contributed by atoms with Gasteiger partial charge in [-0.3, -0.25) is 19.2 Å². The van der Waals surface area contributed by atoms with Gasteiger partial charge in [0.2, 0.25) is 5.91 Å². The third-order valence-corrected chi connectivity index (χ3v) is 7.46. The highest BCUT2D eigenvalue weighted by atomic mass is 16.6. The van der Waals surface area contributed by atoms with E-state index in [0.29, 0.717) is 12.8 Å². The maximum atomic E-state index is 13.4. The molecule has 1 heterocycles. The number of carboxylic acid groups (broad SMARTS) is 1. The van der Waals surface area contributed by atoms with Crippen LogP contribution in [0.25, 0.3) is 10.9 Å². The van der Waals surface area contributed by atoms with Crippen molar-refractivity contribution in [2.75, 3.05) is 7.11 Å². The van der Waals surface area contributed by atoms with Gasteiger partial charge in [-0.05, 0) is 54.2 Å². The van der Waals surface area contributed by atoms with E-state index >= 15 is 0 Å². The van der Waals surface area contributed by atoms with E-state index < -0.39 is 29.7 Å². The lowest BCUT2D eigenvalue weighted by atomic mass is 9.95. The number of aliphatic carboxylic acids is 1. The first kappa shape index (κ1) is 31.3. The van der Waals surface area contributed by atoms with E-state index in [9.17, 15) is 19.5 Å². The van der Waals surface area contributed by atoms with Crippen molar-refractivity contribution in [3.63, 3.8) is 0 Å². The average Bonchev–Trinajstić information content (AvgIpc) is 3.43. The number of rotatable bonds is 17. The van der Waals surface area contributed by atoms with Crippen molar-refractivity contribution in [2.45, 2.75) is 57.6 Å². The summed E-state index contributed by atoms with van der Waals surface area (Å²) in [7, 11) is 1.63. The van der Waals surface area contributed by atoms with Crippen LogP contribution in [0.15, 0.2) is 85.1 Å². The molecule has 4 aromatic rings. The summed E-state index contributed by atoms with van der Waals surface area (Å²) in [5, 5.41) is 13.3. The fraction of sp³-hybridized carbons (Fsp3) is 0.324. The smallest absolute Gasteiger partial charge is 0.304 e. The van der Waals surface area contributed by atoms with E-state index in [1.807, 2.05) is 85.1 Å². The number of aryl methyl sites for hydroxylation is 1. The molecule has 2 amide bonds. The Labute approximate surface area is 251 Å². The van der Waals surface area contributed by atoms with E-state index in [4.69, 9.17) is 9.57 Å². The molecule has 2 atom stereocenters. The van der Waals surface area contributed by atoms with E-state index in [2.05, 4.69) is 15.8 Å². The van der Waals surface area contributed by atoms with Gasteiger partial charge in [0.15, 0.2) is 0 Å². The molecule has 9 nitrogen and oxygen atoms in total. The predicted octanol–water partition coefficient (Wildman–Crippen LogP) is 5.35. The number of para-hydroxylation sites is 1. The molecule has 0 fully saturated rings. The summed E-state index contributed by atoms with van der Waals surface area (Å²) in [5.74, 6) is -1.97. The van der Waals surface area contributed by atoms with E-state index in [0.717, 1.165) is 47.0 Å². The topological polar surface area (TPSA) is 130 Å². The van der Waals surface area contributed by atoms with Crippen molar-refractivity contribution >= 4 is 28.7 Å². The maximum absolute atomic E-state index is 13.4. The lowest BCUT2D eigenvalue weighted by Crippen LogP contribution is -2.49. The van der Waals surface area contributed by atoms with Crippen molar-refractivity contribution in [1.29, 1.82) is 0 Å². The van der Waals surface area contributed by atoms with Gasteiger partial charge in [-0.2, -0.15) is 0 Å². The van der Waals surface area contributed by atoms with Crippen LogP contribution in [0.5, 0.6) is 5.75 Å². The van der Waals surface area contributed by atoms with Gasteiger partial charge in [0.25, 0.3) is 5.91 Å². The van der Waals surface area contributed by atoms with Crippen LogP contribution in [-0.2, 0) is 38.7 Å². The molecule has 3 aromatic carbocycles. The number of benzene rings is 3. The zero-order valence-corrected chi connectivity index (χ0v) is 24.4. The monoisotopic (exact) mass is 585 g/mol. The van der Waals surface area contributed by atoms with Gasteiger partial charge in [-0.15, -0.1) is 0 Å². The van der Waals surface area contributed by atoms with Gasteiger partial charge in [0.05, 0.1) is 20.1 Å². The van der Waals surface area contributed by atoms with E-state index in [1.54, 1.807) is 7.11 Å². The zero-order chi connectivity index (χ0) is 30.4. The molecule has 0 aliphatic heterocycles. The van der Waals surface area contributed by atoms with Gasteiger partial charge in [-0.1, -0.05) is 73.5 Å². The second kappa shape index (κ2) is 16.1. The molecule has 0 aliphatic rings. The summed E-state index contributed by atoms with van der Waals surface area (Å²) in [6.07, 6.45) is 5.47. The fourth-order valence-corrected chi connectivity index (χ4v) is 5.08. The average molecular weight is 586 g/mol. The van der Waals surface area contributed by atoms with Crippen molar-refractivity contribution in [3.05, 3.63) is 102 Å². The Kier molecular flexibility index (Phi) is 11.7. The number of carbonyl (C=O) groups is 3. The van der Waals surface area contributed by atoms with Crippen LogP contribution in [-0.4, -0.2) is 41.0 Å². The van der Waals surface area contributed by atoms with Gasteiger partial charge in [0.1, 0.15) is 11.8 Å². The lowest BCUT2D eigenvalue weighted by molar-refractivity contribution is -0.143. The van der Waals surface area contributed by atoms with Crippen LogP contribution in [0.1, 0.15) is 48.8 Å². The number of hydrogen-bond donors (Lipinski definition) is 4. The minimum atomic E-state index is -1.05. The van der Waals surface area contributed by atoms with Crippen LogP contribution in [0.2, 0.25) is 0 Å². The highest BCUT2D eigenvalue weighted by molar-refractivity contribution is 5.90. The van der Waals surface area contributed by atoms with Crippen LogP contribution >= 0.6 is 0 Å². The van der Waals surface area contributed by atoms with Crippen LogP contribution in [0.4, 0.5) is 0 Å². The number of hydrogen-bond acceptors (Lipinski definition) is 5. The molecule has 0 saturated heterocycles. The number of ether oxygens (including phenoxy) is 1. The first-order valence-electron chi connectivity index (χ1n) is 14.6. The number of methoxy groups -OCH3 is 1. The molecule has 0 bridgehead atoms. The number of unbranched alkanes of at least 4 members (excludes halogenated alkanes) is 2. The molecular weight excluding hydrogens is 546 g/mol. The molecule has 0 unspecified atom stereocenters. The van der Waals surface area contributed by atoms with Crippen LogP contribution in [0, 0.1) is 5.92 Å². The molecule has 0 radical (unpaired) electrons. The molecule has 0 saturated carbocycles.